The van der Waals surface area contributed by atoms with Crippen molar-refractivity contribution in [3.63, 3.8) is 0 Å². The van der Waals surface area contributed by atoms with Crippen LogP contribution in [0.2, 0.25) is 0 Å². The third-order valence-corrected chi connectivity index (χ3v) is 2.09. The Morgan fingerprint density at radius 3 is 2.83 bits per heavy atom. The molecule has 2 nitrogen and oxygen atoms in total. The number of imidazole rings is 1. The molecule has 0 amide bonds. The highest BCUT2D eigenvalue weighted by molar-refractivity contribution is 5.14. The van der Waals surface area contributed by atoms with Gasteiger partial charge in [0.25, 0.3) is 0 Å². The highest BCUT2D eigenvalue weighted by atomic mass is 15.0. The van der Waals surface area contributed by atoms with Gasteiger partial charge in [0, 0.05) is 18.7 Å². The van der Waals surface area contributed by atoms with Gasteiger partial charge in [0.1, 0.15) is 0 Å². The van der Waals surface area contributed by atoms with E-state index in [0.717, 1.165) is 13.0 Å². The Balaban J connectivity index is 2.79. The van der Waals surface area contributed by atoms with E-state index in [1.54, 1.807) is 0 Å². The maximum Gasteiger partial charge on any atom is 0.0951 e. The second kappa shape index (κ2) is 4.10. The molecule has 66 valence electrons. The third-order valence-electron chi connectivity index (χ3n) is 2.09. The van der Waals surface area contributed by atoms with Crippen LogP contribution in [0.1, 0.15) is 25.2 Å². The number of hydrogen-bond acceptors (Lipinski definition) is 1. The lowest BCUT2D eigenvalue weighted by Crippen LogP contribution is -1.95. The number of aromatic nitrogens is 2. The summed E-state index contributed by atoms with van der Waals surface area (Å²) in [5, 5.41) is 0. The van der Waals surface area contributed by atoms with Crippen LogP contribution in [0.4, 0.5) is 0 Å². The van der Waals surface area contributed by atoms with Gasteiger partial charge in [-0.25, -0.2) is 4.98 Å². The van der Waals surface area contributed by atoms with Gasteiger partial charge in [-0.05, 0) is 20.8 Å². The van der Waals surface area contributed by atoms with E-state index in [9.17, 15) is 0 Å². The summed E-state index contributed by atoms with van der Waals surface area (Å²) < 4.78 is 2.17. The zero-order valence-corrected chi connectivity index (χ0v) is 8.04. The predicted octanol–water partition coefficient (Wildman–Crippen LogP) is 2.33. The van der Waals surface area contributed by atoms with Crippen molar-refractivity contribution in [1.29, 1.82) is 0 Å². The largest absolute Gasteiger partial charge is 0.335 e. The SMILES string of the molecule is C/C=C\Cc1ncn(CC)c1C. The van der Waals surface area contributed by atoms with Crippen molar-refractivity contribution in [1.82, 2.24) is 9.55 Å². The van der Waals surface area contributed by atoms with E-state index in [2.05, 4.69) is 35.6 Å². The summed E-state index contributed by atoms with van der Waals surface area (Å²) in [4.78, 5) is 4.34. The molecule has 0 atom stereocenters. The Morgan fingerprint density at radius 2 is 2.33 bits per heavy atom. The fraction of sp³-hybridized carbons (Fsp3) is 0.500. The maximum absolute atomic E-state index is 4.34. The summed E-state index contributed by atoms with van der Waals surface area (Å²) in [6.07, 6.45) is 7.06. The smallest absolute Gasteiger partial charge is 0.0951 e. The Morgan fingerprint density at radius 1 is 1.58 bits per heavy atom. The molecule has 1 aromatic heterocycles. The normalized spacial score (nSPS) is 11.2. The Kier molecular flexibility index (Phi) is 3.09. The fourth-order valence-electron chi connectivity index (χ4n) is 1.23. The maximum atomic E-state index is 4.34. The van der Waals surface area contributed by atoms with Crippen molar-refractivity contribution in [3.05, 3.63) is 29.9 Å². The van der Waals surface area contributed by atoms with E-state index in [-0.39, 0.29) is 0 Å². The average Bonchev–Trinajstić information content (AvgIpc) is 2.43. The molecule has 2 heteroatoms. The van der Waals surface area contributed by atoms with Crippen LogP contribution in [-0.4, -0.2) is 9.55 Å². The number of hydrogen-bond donors (Lipinski definition) is 0. The first-order valence-electron chi connectivity index (χ1n) is 4.41. The highest BCUT2D eigenvalue weighted by Gasteiger charge is 2.01. The van der Waals surface area contributed by atoms with Crippen LogP contribution in [0, 0.1) is 6.92 Å². The fourth-order valence-corrected chi connectivity index (χ4v) is 1.23. The van der Waals surface area contributed by atoms with E-state index in [0.29, 0.717) is 0 Å². The van der Waals surface area contributed by atoms with Crippen molar-refractivity contribution in [3.8, 4) is 0 Å². The Bertz CT molecular complexity index is 271. The molecule has 0 aliphatic carbocycles. The Labute approximate surface area is 73.9 Å². The van der Waals surface area contributed by atoms with Gasteiger partial charge < -0.3 is 4.57 Å². The van der Waals surface area contributed by atoms with Crippen molar-refractivity contribution in [2.75, 3.05) is 0 Å². The molecule has 1 heterocycles. The molecule has 0 aromatic carbocycles. The first-order valence-corrected chi connectivity index (χ1v) is 4.41. The first-order chi connectivity index (χ1) is 5.79. The standard InChI is InChI=1S/C10H16N2/c1-4-6-7-10-9(3)12(5-2)8-11-10/h4,6,8H,5,7H2,1-3H3/b6-4-. The zero-order chi connectivity index (χ0) is 8.97. The first kappa shape index (κ1) is 9.04. The molecule has 0 radical (unpaired) electrons. The van der Waals surface area contributed by atoms with Crippen LogP contribution in [0.25, 0.3) is 0 Å². The minimum absolute atomic E-state index is 0.954. The van der Waals surface area contributed by atoms with Gasteiger partial charge in [0.15, 0.2) is 0 Å². The number of rotatable bonds is 3. The molecule has 0 saturated carbocycles. The molecule has 0 spiro atoms. The molecule has 1 aromatic rings. The van der Waals surface area contributed by atoms with Crippen LogP contribution < -0.4 is 0 Å². The molecule has 12 heavy (non-hydrogen) atoms. The minimum atomic E-state index is 0.954. The topological polar surface area (TPSA) is 17.8 Å². The van der Waals surface area contributed by atoms with Crippen molar-refractivity contribution in [2.45, 2.75) is 33.7 Å². The third kappa shape index (κ3) is 1.76. The lowest BCUT2D eigenvalue weighted by atomic mass is 10.2. The summed E-state index contributed by atoms with van der Waals surface area (Å²) in [5.74, 6) is 0. The van der Waals surface area contributed by atoms with E-state index in [1.807, 2.05) is 13.3 Å². The van der Waals surface area contributed by atoms with Crippen molar-refractivity contribution >= 4 is 0 Å². The van der Waals surface area contributed by atoms with Crippen LogP contribution in [-0.2, 0) is 13.0 Å². The van der Waals surface area contributed by atoms with Crippen LogP contribution in [0.3, 0.4) is 0 Å². The van der Waals surface area contributed by atoms with Gasteiger partial charge in [0.2, 0.25) is 0 Å². The van der Waals surface area contributed by atoms with Gasteiger partial charge in [-0.15, -0.1) is 0 Å². The molecule has 0 unspecified atom stereocenters. The van der Waals surface area contributed by atoms with Crippen molar-refractivity contribution < 1.29 is 0 Å². The Hall–Kier alpha value is -1.05. The van der Waals surface area contributed by atoms with E-state index < -0.39 is 0 Å². The molecule has 0 bridgehead atoms. The lowest BCUT2D eigenvalue weighted by molar-refractivity contribution is 0.735. The molecular formula is C10H16N2. The zero-order valence-electron chi connectivity index (χ0n) is 8.04. The van der Waals surface area contributed by atoms with Gasteiger partial charge in [-0.1, -0.05) is 12.2 Å². The van der Waals surface area contributed by atoms with Crippen LogP contribution in [0.5, 0.6) is 0 Å². The molecule has 0 aliphatic rings. The molecular weight excluding hydrogens is 148 g/mol. The van der Waals surface area contributed by atoms with Gasteiger partial charge in [0.05, 0.1) is 12.0 Å². The summed E-state index contributed by atoms with van der Waals surface area (Å²) in [6.45, 7) is 7.30. The van der Waals surface area contributed by atoms with Gasteiger partial charge >= 0.3 is 0 Å². The average molecular weight is 164 g/mol. The lowest BCUT2D eigenvalue weighted by Gasteiger charge is -1.99. The summed E-state index contributed by atoms with van der Waals surface area (Å²) in [6, 6.07) is 0. The monoisotopic (exact) mass is 164 g/mol. The summed E-state index contributed by atoms with van der Waals surface area (Å²) in [5.41, 5.74) is 2.48. The quantitative estimate of drug-likeness (QED) is 0.627. The molecule has 0 saturated heterocycles. The van der Waals surface area contributed by atoms with Gasteiger partial charge in [-0.3, -0.25) is 0 Å². The molecule has 0 fully saturated rings. The highest BCUT2D eigenvalue weighted by Crippen LogP contribution is 2.06. The minimum Gasteiger partial charge on any atom is -0.335 e. The van der Waals surface area contributed by atoms with E-state index in [1.165, 1.54) is 11.4 Å². The van der Waals surface area contributed by atoms with Gasteiger partial charge in [-0.2, -0.15) is 0 Å². The second-order valence-corrected chi connectivity index (χ2v) is 2.84. The second-order valence-electron chi connectivity index (χ2n) is 2.84. The molecule has 0 N–H and O–H groups in total. The van der Waals surface area contributed by atoms with E-state index in [4.69, 9.17) is 0 Å². The van der Waals surface area contributed by atoms with Crippen LogP contribution in [0.15, 0.2) is 18.5 Å². The molecule has 0 aliphatic heterocycles. The predicted molar refractivity (Wildman–Crippen MR) is 51.2 cm³/mol. The molecule has 1 rings (SSSR count). The van der Waals surface area contributed by atoms with Crippen LogP contribution >= 0.6 is 0 Å². The van der Waals surface area contributed by atoms with E-state index >= 15 is 0 Å². The van der Waals surface area contributed by atoms with Crippen molar-refractivity contribution in [2.24, 2.45) is 0 Å². The summed E-state index contributed by atoms with van der Waals surface area (Å²) in [7, 11) is 0. The number of nitrogens with zero attached hydrogens (tertiary/aromatic N) is 2. The number of allylic oxidation sites excluding steroid dienone is 2. The summed E-state index contributed by atoms with van der Waals surface area (Å²) >= 11 is 0. The number of aryl methyl sites for hydroxylation is 1.